The standard InChI is InChI=1S/C16H28N4/c1-2-19-10-8-14(13-19)12-18-16-17-9-11-20(16)15-6-4-3-5-7-15/h9,11,14-15H,2-8,10,12-13H2,1H3,(H,17,18). The summed E-state index contributed by atoms with van der Waals surface area (Å²) in [5.74, 6) is 1.87. The Morgan fingerprint density at radius 2 is 2.10 bits per heavy atom. The summed E-state index contributed by atoms with van der Waals surface area (Å²) in [6.45, 7) is 7.02. The van der Waals surface area contributed by atoms with Crippen LogP contribution >= 0.6 is 0 Å². The molecule has 2 fully saturated rings. The lowest BCUT2D eigenvalue weighted by molar-refractivity contribution is 0.343. The fourth-order valence-electron chi connectivity index (χ4n) is 3.71. The summed E-state index contributed by atoms with van der Waals surface area (Å²) in [6, 6.07) is 0.671. The van der Waals surface area contributed by atoms with Crippen LogP contribution in [0.5, 0.6) is 0 Å². The first-order chi connectivity index (χ1) is 9.86. The Hall–Kier alpha value is -1.03. The summed E-state index contributed by atoms with van der Waals surface area (Å²) in [5.41, 5.74) is 0. The van der Waals surface area contributed by atoms with Crippen LogP contribution in [0.4, 0.5) is 5.95 Å². The number of hydrogen-bond acceptors (Lipinski definition) is 3. The van der Waals surface area contributed by atoms with Crippen molar-refractivity contribution < 1.29 is 0 Å². The molecule has 112 valence electrons. The van der Waals surface area contributed by atoms with Gasteiger partial charge in [0.2, 0.25) is 5.95 Å². The van der Waals surface area contributed by atoms with Gasteiger partial charge in [0.15, 0.2) is 0 Å². The number of aromatic nitrogens is 2. The summed E-state index contributed by atoms with van der Waals surface area (Å²) in [7, 11) is 0. The summed E-state index contributed by atoms with van der Waals surface area (Å²) < 4.78 is 2.38. The molecule has 1 aliphatic carbocycles. The van der Waals surface area contributed by atoms with Gasteiger partial charge in [-0.2, -0.15) is 0 Å². The number of imidazole rings is 1. The van der Waals surface area contributed by atoms with E-state index in [9.17, 15) is 0 Å². The van der Waals surface area contributed by atoms with E-state index in [1.165, 1.54) is 58.2 Å². The summed E-state index contributed by atoms with van der Waals surface area (Å²) in [4.78, 5) is 7.07. The fourth-order valence-corrected chi connectivity index (χ4v) is 3.71. The molecule has 1 aliphatic heterocycles. The van der Waals surface area contributed by atoms with E-state index < -0.39 is 0 Å². The Labute approximate surface area is 122 Å². The smallest absolute Gasteiger partial charge is 0.203 e. The molecule has 2 aliphatic rings. The number of hydrogen-bond donors (Lipinski definition) is 1. The van der Waals surface area contributed by atoms with Gasteiger partial charge in [-0.15, -0.1) is 0 Å². The van der Waals surface area contributed by atoms with Crippen molar-refractivity contribution in [2.45, 2.75) is 51.5 Å². The Bertz CT molecular complexity index is 408. The van der Waals surface area contributed by atoms with Crippen LogP contribution in [0.25, 0.3) is 0 Å². The molecule has 0 amide bonds. The molecule has 1 saturated carbocycles. The second-order valence-electron chi connectivity index (χ2n) is 6.38. The zero-order valence-corrected chi connectivity index (χ0v) is 12.7. The molecular formula is C16H28N4. The van der Waals surface area contributed by atoms with Crippen LogP contribution < -0.4 is 5.32 Å². The Morgan fingerprint density at radius 3 is 2.85 bits per heavy atom. The van der Waals surface area contributed by atoms with Crippen LogP contribution in [0.3, 0.4) is 0 Å². The highest BCUT2D eigenvalue weighted by molar-refractivity contribution is 5.27. The first-order valence-electron chi connectivity index (χ1n) is 8.36. The minimum atomic E-state index is 0.671. The predicted molar refractivity (Wildman–Crippen MR) is 83.1 cm³/mol. The van der Waals surface area contributed by atoms with Gasteiger partial charge in [-0.25, -0.2) is 4.98 Å². The van der Waals surface area contributed by atoms with Crippen molar-refractivity contribution in [2.75, 3.05) is 31.5 Å². The Balaban J connectivity index is 1.54. The molecule has 3 rings (SSSR count). The van der Waals surface area contributed by atoms with Gasteiger partial charge >= 0.3 is 0 Å². The monoisotopic (exact) mass is 276 g/mol. The Morgan fingerprint density at radius 1 is 1.25 bits per heavy atom. The van der Waals surface area contributed by atoms with E-state index in [1.807, 2.05) is 6.20 Å². The van der Waals surface area contributed by atoms with Gasteiger partial charge in [0.25, 0.3) is 0 Å². The van der Waals surface area contributed by atoms with Gasteiger partial charge < -0.3 is 14.8 Å². The van der Waals surface area contributed by atoms with E-state index in [-0.39, 0.29) is 0 Å². The van der Waals surface area contributed by atoms with Gasteiger partial charge in [-0.3, -0.25) is 0 Å². The van der Waals surface area contributed by atoms with E-state index in [4.69, 9.17) is 0 Å². The van der Waals surface area contributed by atoms with Crippen LogP contribution in [0.1, 0.15) is 51.5 Å². The minimum Gasteiger partial charge on any atom is -0.355 e. The SMILES string of the molecule is CCN1CCC(CNc2nccn2C2CCCCC2)C1. The normalized spacial score (nSPS) is 25.1. The molecule has 4 heteroatoms. The molecule has 2 heterocycles. The maximum Gasteiger partial charge on any atom is 0.203 e. The first-order valence-corrected chi connectivity index (χ1v) is 8.36. The van der Waals surface area contributed by atoms with E-state index in [2.05, 4.69) is 32.9 Å². The van der Waals surface area contributed by atoms with Crippen LogP contribution in [0, 0.1) is 5.92 Å². The largest absolute Gasteiger partial charge is 0.355 e. The third-order valence-corrected chi connectivity index (χ3v) is 5.00. The van der Waals surface area contributed by atoms with E-state index in [0.29, 0.717) is 6.04 Å². The molecule has 1 unspecified atom stereocenters. The first kappa shape index (κ1) is 13.9. The highest BCUT2D eigenvalue weighted by Gasteiger charge is 2.22. The summed E-state index contributed by atoms with van der Waals surface area (Å²) >= 11 is 0. The van der Waals surface area contributed by atoms with Gasteiger partial charge in [-0.05, 0) is 38.3 Å². The fraction of sp³-hybridized carbons (Fsp3) is 0.812. The second kappa shape index (κ2) is 6.61. The number of likely N-dealkylation sites (tertiary alicyclic amines) is 1. The van der Waals surface area contributed by atoms with Crippen molar-refractivity contribution in [3.63, 3.8) is 0 Å². The highest BCUT2D eigenvalue weighted by Crippen LogP contribution is 2.30. The summed E-state index contributed by atoms with van der Waals surface area (Å²) in [5, 5.41) is 3.60. The second-order valence-corrected chi connectivity index (χ2v) is 6.38. The lowest BCUT2D eigenvalue weighted by atomic mass is 9.95. The van der Waals surface area contributed by atoms with Gasteiger partial charge in [0.05, 0.1) is 0 Å². The number of rotatable bonds is 5. The van der Waals surface area contributed by atoms with Crippen molar-refractivity contribution >= 4 is 5.95 Å². The molecule has 0 radical (unpaired) electrons. The molecular weight excluding hydrogens is 248 g/mol. The molecule has 0 bridgehead atoms. The van der Waals surface area contributed by atoms with E-state index in [1.54, 1.807) is 0 Å². The molecule has 20 heavy (non-hydrogen) atoms. The average molecular weight is 276 g/mol. The van der Waals surface area contributed by atoms with Crippen LogP contribution in [0.2, 0.25) is 0 Å². The van der Waals surface area contributed by atoms with Gasteiger partial charge in [0.1, 0.15) is 0 Å². The highest BCUT2D eigenvalue weighted by atomic mass is 15.2. The van der Waals surface area contributed by atoms with Crippen molar-refractivity contribution in [3.8, 4) is 0 Å². The number of nitrogens with one attached hydrogen (secondary N) is 1. The van der Waals surface area contributed by atoms with Crippen molar-refractivity contribution in [2.24, 2.45) is 5.92 Å². The third kappa shape index (κ3) is 3.17. The molecule has 0 spiro atoms. The van der Waals surface area contributed by atoms with E-state index >= 15 is 0 Å². The average Bonchev–Trinajstić information content (AvgIpc) is 3.15. The van der Waals surface area contributed by atoms with Crippen molar-refractivity contribution in [1.29, 1.82) is 0 Å². The molecule has 1 saturated heterocycles. The molecule has 1 aromatic heterocycles. The van der Waals surface area contributed by atoms with Crippen molar-refractivity contribution in [1.82, 2.24) is 14.5 Å². The van der Waals surface area contributed by atoms with Crippen LogP contribution in [-0.2, 0) is 0 Å². The number of anilines is 1. The molecule has 4 nitrogen and oxygen atoms in total. The Kier molecular flexibility index (Phi) is 4.61. The topological polar surface area (TPSA) is 33.1 Å². The van der Waals surface area contributed by atoms with Crippen LogP contribution in [0.15, 0.2) is 12.4 Å². The predicted octanol–water partition coefficient (Wildman–Crippen LogP) is 3.14. The maximum absolute atomic E-state index is 4.53. The summed E-state index contributed by atoms with van der Waals surface area (Å²) in [6.07, 6.45) is 12.2. The van der Waals surface area contributed by atoms with Crippen LogP contribution in [-0.4, -0.2) is 40.6 Å². The molecule has 0 aromatic carbocycles. The van der Waals surface area contributed by atoms with Crippen molar-refractivity contribution in [3.05, 3.63) is 12.4 Å². The molecule has 1 N–H and O–H groups in total. The zero-order valence-electron chi connectivity index (χ0n) is 12.7. The zero-order chi connectivity index (χ0) is 13.8. The van der Waals surface area contributed by atoms with Gasteiger partial charge in [-0.1, -0.05) is 26.2 Å². The lowest BCUT2D eigenvalue weighted by Gasteiger charge is -2.25. The quantitative estimate of drug-likeness (QED) is 0.897. The van der Waals surface area contributed by atoms with Gasteiger partial charge in [0, 0.05) is 31.5 Å². The van der Waals surface area contributed by atoms with E-state index in [0.717, 1.165) is 18.4 Å². The molecule has 1 aromatic rings. The number of nitrogens with zero attached hydrogens (tertiary/aromatic N) is 3. The minimum absolute atomic E-state index is 0.671. The molecule has 1 atom stereocenters. The third-order valence-electron chi connectivity index (χ3n) is 5.00. The maximum atomic E-state index is 4.53. The lowest BCUT2D eigenvalue weighted by Crippen LogP contribution is -2.23.